The number of hydrogen-bond acceptors (Lipinski definition) is 7. The number of ether oxygens (including phenoxy) is 2. The van der Waals surface area contributed by atoms with Crippen LogP contribution in [0.5, 0.6) is 11.5 Å². The monoisotopic (exact) mass is 490 g/mol. The predicted molar refractivity (Wildman–Crippen MR) is 130 cm³/mol. The lowest BCUT2D eigenvalue weighted by Crippen LogP contribution is -2.29. The van der Waals surface area contributed by atoms with Crippen molar-refractivity contribution in [2.24, 2.45) is 0 Å². The Kier molecular flexibility index (Phi) is 5.70. The first-order chi connectivity index (χ1) is 16.9. The van der Waals surface area contributed by atoms with E-state index in [1.807, 2.05) is 0 Å². The molecule has 5 rings (SSSR count). The molecule has 7 nitrogen and oxygen atoms in total. The normalized spacial score (nSPS) is 17.2. The van der Waals surface area contributed by atoms with Crippen LogP contribution < -0.4 is 14.4 Å². The zero-order valence-electron chi connectivity index (χ0n) is 18.7. The second kappa shape index (κ2) is 8.84. The standard InChI is InChI=1S/C26H19FN2O5S/c1-33-17-9-5-15(6-10-17)23(30)21-22(14-3-7-16(27)8-4-14)29(25(32)24(21)31)26-28-19-12-11-18(34-2)13-20(19)35-26/h3-13,22,30H,1-2H3. The minimum Gasteiger partial charge on any atom is -0.507 e. The molecule has 1 N–H and O–H groups in total. The molecule has 35 heavy (non-hydrogen) atoms. The SMILES string of the molecule is COc1ccc(C(O)=C2C(=O)C(=O)N(c3nc4ccc(OC)cc4s3)C2c2ccc(F)cc2)cc1. The van der Waals surface area contributed by atoms with E-state index in [0.29, 0.717) is 28.1 Å². The molecule has 3 aromatic carbocycles. The number of nitrogens with zero attached hydrogens (tertiary/aromatic N) is 2. The number of anilines is 1. The van der Waals surface area contributed by atoms with Gasteiger partial charge in [-0.15, -0.1) is 0 Å². The van der Waals surface area contributed by atoms with Gasteiger partial charge in [-0.2, -0.15) is 0 Å². The molecule has 176 valence electrons. The molecular weight excluding hydrogens is 471 g/mol. The van der Waals surface area contributed by atoms with Gasteiger partial charge in [-0.25, -0.2) is 9.37 Å². The van der Waals surface area contributed by atoms with E-state index in [2.05, 4.69) is 4.98 Å². The Morgan fingerprint density at radius 1 is 0.971 bits per heavy atom. The fraction of sp³-hybridized carbons (Fsp3) is 0.115. The van der Waals surface area contributed by atoms with Crippen molar-refractivity contribution in [2.45, 2.75) is 6.04 Å². The molecule has 2 heterocycles. The lowest BCUT2D eigenvalue weighted by Gasteiger charge is -2.23. The number of aromatic nitrogens is 1. The number of thiazole rings is 1. The van der Waals surface area contributed by atoms with Crippen LogP contribution in [-0.2, 0) is 9.59 Å². The summed E-state index contributed by atoms with van der Waals surface area (Å²) in [5, 5.41) is 11.4. The minimum atomic E-state index is -1.000. The summed E-state index contributed by atoms with van der Waals surface area (Å²) in [4.78, 5) is 32.3. The van der Waals surface area contributed by atoms with Crippen molar-refractivity contribution in [3.05, 3.63) is 89.2 Å². The molecule has 1 atom stereocenters. The molecule has 0 spiro atoms. The number of carbonyl (C=O) groups excluding carboxylic acids is 2. The Morgan fingerprint density at radius 3 is 2.29 bits per heavy atom. The van der Waals surface area contributed by atoms with Crippen LogP contribution in [-0.4, -0.2) is 36.0 Å². The van der Waals surface area contributed by atoms with Gasteiger partial charge in [0.25, 0.3) is 5.78 Å². The average Bonchev–Trinajstić information content (AvgIpc) is 3.41. The first-order valence-corrected chi connectivity index (χ1v) is 11.4. The van der Waals surface area contributed by atoms with Crippen LogP contribution in [0.2, 0.25) is 0 Å². The zero-order valence-corrected chi connectivity index (χ0v) is 19.5. The highest BCUT2D eigenvalue weighted by Gasteiger charge is 2.48. The summed E-state index contributed by atoms with van der Waals surface area (Å²) in [5.74, 6) is -1.30. The van der Waals surface area contributed by atoms with Crippen LogP contribution in [0.25, 0.3) is 16.0 Å². The summed E-state index contributed by atoms with van der Waals surface area (Å²) in [5.41, 5.74) is 1.31. The molecule has 1 aliphatic rings. The van der Waals surface area contributed by atoms with E-state index in [1.54, 1.807) is 49.6 Å². The van der Waals surface area contributed by atoms with Crippen molar-refractivity contribution in [3.63, 3.8) is 0 Å². The van der Waals surface area contributed by atoms with E-state index in [9.17, 15) is 19.1 Å². The van der Waals surface area contributed by atoms with E-state index in [1.165, 1.54) is 47.6 Å². The van der Waals surface area contributed by atoms with Crippen molar-refractivity contribution >= 4 is 44.1 Å². The molecule has 0 radical (unpaired) electrons. The number of aliphatic hydroxyl groups excluding tert-OH is 1. The van der Waals surface area contributed by atoms with Crippen LogP contribution in [0, 0.1) is 5.82 Å². The number of aliphatic hydroxyl groups is 1. The Bertz CT molecular complexity index is 1480. The van der Waals surface area contributed by atoms with Gasteiger partial charge in [0, 0.05) is 5.56 Å². The number of carbonyl (C=O) groups is 2. The van der Waals surface area contributed by atoms with Crippen molar-refractivity contribution < 1.29 is 28.6 Å². The molecule has 0 aliphatic carbocycles. The van der Waals surface area contributed by atoms with Crippen LogP contribution in [0.3, 0.4) is 0 Å². The van der Waals surface area contributed by atoms with Gasteiger partial charge in [0.05, 0.1) is 36.1 Å². The van der Waals surface area contributed by atoms with Gasteiger partial charge in [0.2, 0.25) is 0 Å². The number of rotatable bonds is 5. The highest BCUT2D eigenvalue weighted by molar-refractivity contribution is 7.22. The van der Waals surface area contributed by atoms with E-state index >= 15 is 0 Å². The maximum Gasteiger partial charge on any atom is 0.301 e. The number of halogens is 1. The smallest absolute Gasteiger partial charge is 0.301 e. The molecule has 1 unspecified atom stereocenters. The predicted octanol–water partition coefficient (Wildman–Crippen LogP) is 5.08. The van der Waals surface area contributed by atoms with Crippen LogP contribution in [0.15, 0.2) is 72.3 Å². The number of Topliss-reactive ketones (excluding diaryl/α,β-unsaturated/α-hetero) is 1. The molecular formula is C26H19FN2O5S. The number of hydrogen-bond donors (Lipinski definition) is 1. The Balaban J connectivity index is 1.69. The van der Waals surface area contributed by atoms with E-state index in [-0.39, 0.29) is 16.5 Å². The quantitative estimate of drug-likeness (QED) is 0.239. The van der Waals surface area contributed by atoms with Crippen molar-refractivity contribution in [1.82, 2.24) is 4.98 Å². The van der Waals surface area contributed by atoms with Crippen molar-refractivity contribution in [1.29, 1.82) is 0 Å². The molecule has 0 saturated carbocycles. The lowest BCUT2D eigenvalue weighted by atomic mass is 9.95. The van der Waals surface area contributed by atoms with Gasteiger partial charge in [-0.3, -0.25) is 14.5 Å². The van der Waals surface area contributed by atoms with E-state index < -0.39 is 23.5 Å². The van der Waals surface area contributed by atoms with Gasteiger partial charge in [0.1, 0.15) is 23.1 Å². The topological polar surface area (TPSA) is 89.0 Å². The van der Waals surface area contributed by atoms with Crippen molar-refractivity contribution in [2.75, 3.05) is 19.1 Å². The Morgan fingerprint density at radius 2 is 1.63 bits per heavy atom. The minimum absolute atomic E-state index is 0.108. The molecule has 1 fully saturated rings. The summed E-state index contributed by atoms with van der Waals surface area (Å²) in [6.45, 7) is 0. The largest absolute Gasteiger partial charge is 0.507 e. The molecule has 4 aromatic rings. The third-order valence-electron chi connectivity index (χ3n) is 5.78. The fourth-order valence-corrected chi connectivity index (χ4v) is 5.04. The molecule has 1 aliphatic heterocycles. The van der Waals surface area contributed by atoms with Gasteiger partial charge in [0.15, 0.2) is 5.13 Å². The van der Waals surface area contributed by atoms with Crippen LogP contribution in [0.1, 0.15) is 17.2 Å². The second-order valence-corrected chi connectivity index (χ2v) is 8.79. The van der Waals surface area contributed by atoms with Gasteiger partial charge in [-0.05, 0) is 60.2 Å². The van der Waals surface area contributed by atoms with E-state index in [0.717, 1.165) is 4.70 Å². The summed E-state index contributed by atoms with van der Waals surface area (Å²) in [6.07, 6.45) is 0. The number of methoxy groups -OCH3 is 2. The Hall–Kier alpha value is -4.24. The lowest BCUT2D eigenvalue weighted by molar-refractivity contribution is -0.132. The first-order valence-electron chi connectivity index (χ1n) is 10.6. The third kappa shape index (κ3) is 3.89. The summed E-state index contributed by atoms with van der Waals surface area (Å²) >= 11 is 1.21. The number of amides is 1. The molecule has 0 bridgehead atoms. The second-order valence-electron chi connectivity index (χ2n) is 7.78. The summed E-state index contributed by atoms with van der Waals surface area (Å²) in [7, 11) is 3.07. The zero-order chi connectivity index (χ0) is 24.7. The number of fused-ring (bicyclic) bond motifs is 1. The highest BCUT2D eigenvalue weighted by atomic mass is 32.1. The van der Waals surface area contributed by atoms with Crippen molar-refractivity contribution in [3.8, 4) is 11.5 Å². The molecule has 1 aromatic heterocycles. The summed E-state index contributed by atoms with van der Waals surface area (Å²) in [6, 6.07) is 16.2. The Labute approximate surface area is 203 Å². The maximum absolute atomic E-state index is 13.7. The van der Waals surface area contributed by atoms with E-state index in [4.69, 9.17) is 9.47 Å². The highest BCUT2D eigenvalue weighted by Crippen LogP contribution is 2.44. The molecule has 1 amide bonds. The molecule has 9 heteroatoms. The first kappa shape index (κ1) is 22.5. The number of ketones is 1. The fourth-order valence-electron chi connectivity index (χ4n) is 4.02. The van der Waals surface area contributed by atoms with Gasteiger partial charge < -0.3 is 14.6 Å². The maximum atomic E-state index is 13.7. The molecule has 1 saturated heterocycles. The van der Waals surface area contributed by atoms with Crippen LogP contribution >= 0.6 is 11.3 Å². The van der Waals surface area contributed by atoms with Gasteiger partial charge >= 0.3 is 5.91 Å². The van der Waals surface area contributed by atoms with Gasteiger partial charge in [-0.1, -0.05) is 23.5 Å². The van der Waals surface area contributed by atoms with Crippen LogP contribution in [0.4, 0.5) is 9.52 Å². The summed E-state index contributed by atoms with van der Waals surface area (Å²) < 4.78 is 24.9. The average molecular weight is 491 g/mol. The number of benzene rings is 3. The third-order valence-corrected chi connectivity index (χ3v) is 6.80.